The molecule has 0 radical (unpaired) electrons. The van der Waals surface area contributed by atoms with E-state index in [0.717, 1.165) is 37.0 Å². The van der Waals surface area contributed by atoms with E-state index in [0.29, 0.717) is 5.56 Å². The van der Waals surface area contributed by atoms with Crippen LogP contribution < -0.4 is 5.32 Å². The highest BCUT2D eigenvalue weighted by Crippen LogP contribution is 2.24. The highest BCUT2D eigenvalue weighted by atomic mass is 35.7. The van der Waals surface area contributed by atoms with E-state index in [1.54, 1.807) is 0 Å². The van der Waals surface area contributed by atoms with Crippen molar-refractivity contribution in [2.45, 2.75) is 35.9 Å². The summed E-state index contributed by atoms with van der Waals surface area (Å²) in [6.45, 7) is 0. The van der Waals surface area contributed by atoms with Gasteiger partial charge in [0.05, 0.1) is 5.56 Å². The van der Waals surface area contributed by atoms with Gasteiger partial charge in [-0.25, -0.2) is 8.42 Å². The third kappa shape index (κ3) is 3.20. The van der Waals surface area contributed by atoms with Crippen LogP contribution in [0.2, 0.25) is 0 Å². The minimum Gasteiger partial charge on any atom is -0.349 e. The van der Waals surface area contributed by atoms with Crippen LogP contribution in [0.4, 0.5) is 0 Å². The number of thiophene rings is 1. The summed E-state index contributed by atoms with van der Waals surface area (Å²) in [6.07, 6.45) is 4.26. The number of amides is 1. The van der Waals surface area contributed by atoms with E-state index >= 15 is 0 Å². The molecule has 1 aromatic heterocycles. The van der Waals surface area contributed by atoms with Crippen molar-refractivity contribution >= 4 is 37.0 Å². The zero-order valence-electron chi connectivity index (χ0n) is 8.98. The van der Waals surface area contributed by atoms with Gasteiger partial charge in [-0.15, -0.1) is 11.3 Å². The van der Waals surface area contributed by atoms with Crippen LogP contribution in [0.5, 0.6) is 0 Å². The Labute approximate surface area is 108 Å². The summed E-state index contributed by atoms with van der Waals surface area (Å²) in [7, 11) is 1.47. The Morgan fingerprint density at radius 2 is 2.06 bits per heavy atom. The highest BCUT2D eigenvalue weighted by Gasteiger charge is 2.20. The standard InChI is InChI=1S/C10H12ClNO3S2/c11-17(14,15)9-5-7(6-16-9)10(13)12-8-3-1-2-4-8/h5-6,8H,1-4H2,(H,12,13). The molecule has 0 aliphatic heterocycles. The zero-order valence-corrected chi connectivity index (χ0v) is 11.4. The van der Waals surface area contributed by atoms with E-state index in [1.165, 1.54) is 11.4 Å². The molecule has 1 fully saturated rings. The second kappa shape index (κ2) is 4.96. The topological polar surface area (TPSA) is 63.2 Å². The SMILES string of the molecule is O=C(NC1CCCC1)c1csc(S(=O)(=O)Cl)c1. The van der Waals surface area contributed by atoms with Crippen LogP contribution in [0.3, 0.4) is 0 Å². The smallest absolute Gasteiger partial charge is 0.270 e. The molecule has 94 valence electrons. The molecule has 0 bridgehead atoms. The molecule has 0 spiro atoms. The lowest BCUT2D eigenvalue weighted by Gasteiger charge is -2.10. The van der Waals surface area contributed by atoms with Crippen LogP contribution in [0.15, 0.2) is 15.7 Å². The molecule has 17 heavy (non-hydrogen) atoms. The van der Waals surface area contributed by atoms with Crippen molar-refractivity contribution in [2.75, 3.05) is 0 Å². The van der Waals surface area contributed by atoms with Crippen molar-refractivity contribution in [1.82, 2.24) is 5.32 Å². The van der Waals surface area contributed by atoms with E-state index < -0.39 is 9.05 Å². The fraction of sp³-hybridized carbons (Fsp3) is 0.500. The maximum atomic E-state index is 11.8. The normalized spacial score (nSPS) is 17.2. The molecule has 1 amide bonds. The van der Waals surface area contributed by atoms with Gasteiger partial charge in [0.15, 0.2) is 0 Å². The third-order valence-corrected chi connectivity index (χ3v) is 5.81. The molecule has 2 rings (SSSR count). The van der Waals surface area contributed by atoms with Gasteiger partial charge in [0.1, 0.15) is 4.21 Å². The van der Waals surface area contributed by atoms with Gasteiger partial charge in [-0.05, 0) is 18.9 Å². The summed E-state index contributed by atoms with van der Waals surface area (Å²) in [5.74, 6) is -0.222. The summed E-state index contributed by atoms with van der Waals surface area (Å²) < 4.78 is 22.1. The largest absolute Gasteiger partial charge is 0.349 e. The third-order valence-electron chi connectivity index (χ3n) is 2.77. The van der Waals surface area contributed by atoms with Gasteiger partial charge in [-0.2, -0.15) is 0 Å². The maximum absolute atomic E-state index is 11.8. The van der Waals surface area contributed by atoms with E-state index in [9.17, 15) is 13.2 Å². The molecule has 0 aromatic carbocycles. The van der Waals surface area contributed by atoms with Crippen LogP contribution in [-0.4, -0.2) is 20.4 Å². The van der Waals surface area contributed by atoms with Crippen LogP contribution >= 0.6 is 22.0 Å². The molecule has 0 unspecified atom stereocenters. The molecule has 1 heterocycles. The Hall–Kier alpha value is -0.590. The Morgan fingerprint density at radius 1 is 1.41 bits per heavy atom. The van der Waals surface area contributed by atoms with Crippen molar-refractivity contribution in [3.05, 3.63) is 17.0 Å². The molecule has 4 nitrogen and oxygen atoms in total. The van der Waals surface area contributed by atoms with Crippen LogP contribution in [0.25, 0.3) is 0 Å². The first-order valence-corrected chi connectivity index (χ1v) is 8.50. The molecule has 1 aliphatic rings. The first-order valence-electron chi connectivity index (χ1n) is 5.31. The number of halogens is 1. The van der Waals surface area contributed by atoms with Crippen molar-refractivity contribution in [1.29, 1.82) is 0 Å². The highest BCUT2D eigenvalue weighted by molar-refractivity contribution is 8.15. The molecule has 0 atom stereocenters. The van der Waals surface area contributed by atoms with Crippen molar-refractivity contribution < 1.29 is 13.2 Å². The number of carbonyl (C=O) groups is 1. The predicted molar refractivity (Wildman–Crippen MR) is 67.1 cm³/mol. The average Bonchev–Trinajstić information content (AvgIpc) is 2.85. The minimum absolute atomic E-state index is 0.00994. The minimum atomic E-state index is -3.73. The number of rotatable bonds is 3. The Bertz CT molecular complexity index is 517. The lowest BCUT2D eigenvalue weighted by atomic mass is 10.2. The van der Waals surface area contributed by atoms with Crippen LogP contribution in [0.1, 0.15) is 36.0 Å². The Kier molecular flexibility index (Phi) is 3.75. The second-order valence-corrected chi connectivity index (χ2v) is 7.75. The van der Waals surface area contributed by atoms with E-state index in [2.05, 4.69) is 5.32 Å². The Balaban J connectivity index is 2.07. The molecule has 0 saturated heterocycles. The summed E-state index contributed by atoms with van der Waals surface area (Å²) in [6, 6.07) is 1.54. The van der Waals surface area contributed by atoms with Crippen molar-refractivity contribution in [2.24, 2.45) is 0 Å². The lowest BCUT2D eigenvalue weighted by Crippen LogP contribution is -2.32. The van der Waals surface area contributed by atoms with E-state index in [-0.39, 0.29) is 16.2 Å². The van der Waals surface area contributed by atoms with E-state index in [4.69, 9.17) is 10.7 Å². The fourth-order valence-corrected chi connectivity index (χ4v) is 3.85. The Morgan fingerprint density at radius 3 is 2.59 bits per heavy atom. The predicted octanol–water partition coefficient (Wildman–Crippen LogP) is 2.35. The van der Waals surface area contributed by atoms with Gasteiger partial charge in [0.2, 0.25) is 0 Å². The number of nitrogens with one attached hydrogen (secondary N) is 1. The van der Waals surface area contributed by atoms with Gasteiger partial charge in [-0.1, -0.05) is 12.8 Å². The second-order valence-electron chi connectivity index (χ2n) is 4.05. The molecular weight excluding hydrogens is 282 g/mol. The molecule has 1 saturated carbocycles. The molecule has 7 heteroatoms. The van der Waals surface area contributed by atoms with Gasteiger partial charge < -0.3 is 5.32 Å². The quantitative estimate of drug-likeness (QED) is 0.870. The van der Waals surface area contributed by atoms with Gasteiger partial charge in [0.25, 0.3) is 15.0 Å². The van der Waals surface area contributed by atoms with Crippen molar-refractivity contribution in [3.63, 3.8) is 0 Å². The summed E-state index contributed by atoms with van der Waals surface area (Å²) >= 11 is 0.962. The first kappa shape index (κ1) is 12.9. The molecular formula is C10H12ClNO3S2. The van der Waals surface area contributed by atoms with Crippen LogP contribution in [0, 0.1) is 0 Å². The number of hydrogen-bond donors (Lipinski definition) is 1. The van der Waals surface area contributed by atoms with Crippen molar-refractivity contribution in [3.8, 4) is 0 Å². The average molecular weight is 294 g/mol. The molecule has 1 aromatic rings. The first-order chi connectivity index (χ1) is 7.97. The van der Waals surface area contributed by atoms with Gasteiger partial charge >= 0.3 is 0 Å². The monoisotopic (exact) mass is 293 g/mol. The van der Waals surface area contributed by atoms with E-state index in [1.807, 2.05) is 0 Å². The lowest BCUT2D eigenvalue weighted by molar-refractivity contribution is 0.0938. The molecule has 1 aliphatic carbocycles. The number of carbonyl (C=O) groups excluding carboxylic acids is 1. The van der Waals surface area contributed by atoms with Gasteiger partial charge in [0, 0.05) is 22.1 Å². The molecule has 1 N–H and O–H groups in total. The fourth-order valence-electron chi connectivity index (χ4n) is 1.90. The van der Waals surface area contributed by atoms with Crippen LogP contribution in [-0.2, 0) is 9.05 Å². The van der Waals surface area contributed by atoms with Gasteiger partial charge in [-0.3, -0.25) is 4.79 Å². The maximum Gasteiger partial charge on any atom is 0.270 e. The summed E-state index contributed by atoms with van der Waals surface area (Å²) in [5, 5.41) is 4.40. The number of hydrogen-bond acceptors (Lipinski definition) is 4. The zero-order chi connectivity index (χ0) is 12.5. The summed E-state index contributed by atoms with van der Waals surface area (Å²) in [5.41, 5.74) is 0.362. The summed E-state index contributed by atoms with van der Waals surface area (Å²) in [4.78, 5) is 11.8.